The molecular formula is C19H19N3O3. The summed E-state index contributed by atoms with van der Waals surface area (Å²) in [6, 6.07) is 9.72. The standard InChI is InChI=1S/C19H19N3O3/c1-12-14(7-8-18(23)24)11-20-16(12)10-15-17(21-22-19(15)25)9-13-5-3-2-4-6-13/h2-6,9-11,20-21H,7-8H2,1H3,(H,22,25)(H,23,24). The van der Waals surface area contributed by atoms with Crippen molar-refractivity contribution < 1.29 is 9.90 Å². The maximum Gasteiger partial charge on any atom is 0.303 e. The summed E-state index contributed by atoms with van der Waals surface area (Å²) >= 11 is 0. The van der Waals surface area contributed by atoms with Gasteiger partial charge in [0.15, 0.2) is 0 Å². The van der Waals surface area contributed by atoms with Gasteiger partial charge in [-0.25, -0.2) is 0 Å². The molecule has 0 bridgehead atoms. The lowest BCUT2D eigenvalue weighted by Crippen LogP contribution is -2.33. The monoisotopic (exact) mass is 337 g/mol. The van der Waals surface area contributed by atoms with Gasteiger partial charge in [0, 0.05) is 18.3 Å². The third kappa shape index (κ3) is 3.80. The Kier molecular flexibility index (Phi) is 4.70. The SMILES string of the molecule is Cc1c(CCC(=O)O)c[nH]c1C=c1c(=O)[nH][nH]c1=Cc1ccccc1. The topological polar surface area (TPSA) is 102 Å². The number of carboxylic acid groups (broad SMARTS) is 1. The molecule has 6 heteroatoms. The first kappa shape index (κ1) is 16.6. The Balaban J connectivity index is 2.03. The number of rotatable bonds is 5. The second-order valence-electron chi connectivity index (χ2n) is 5.85. The molecule has 4 N–H and O–H groups in total. The van der Waals surface area contributed by atoms with E-state index in [1.54, 1.807) is 12.3 Å². The van der Waals surface area contributed by atoms with Crippen LogP contribution in [0.1, 0.15) is 28.8 Å². The number of aromatic nitrogens is 3. The fourth-order valence-corrected chi connectivity index (χ4v) is 2.70. The van der Waals surface area contributed by atoms with Crippen LogP contribution in [0.3, 0.4) is 0 Å². The van der Waals surface area contributed by atoms with Crippen LogP contribution in [0, 0.1) is 6.92 Å². The molecule has 0 atom stereocenters. The molecule has 0 unspecified atom stereocenters. The fraction of sp³-hybridized carbons (Fsp3) is 0.158. The maximum atomic E-state index is 12.1. The Morgan fingerprint density at radius 1 is 1.16 bits per heavy atom. The first-order valence-electron chi connectivity index (χ1n) is 7.98. The molecule has 2 aromatic heterocycles. The predicted molar refractivity (Wildman–Crippen MR) is 95.7 cm³/mol. The van der Waals surface area contributed by atoms with Crippen molar-refractivity contribution in [3.8, 4) is 0 Å². The molecule has 0 aliphatic heterocycles. The van der Waals surface area contributed by atoms with Gasteiger partial charge in [0.1, 0.15) is 0 Å². The summed E-state index contributed by atoms with van der Waals surface area (Å²) in [5.74, 6) is -0.826. The molecule has 0 amide bonds. The van der Waals surface area contributed by atoms with Crippen molar-refractivity contribution in [2.24, 2.45) is 0 Å². The number of carboxylic acids is 1. The van der Waals surface area contributed by atoms with E-state index in [4.69, 9.17) is 5.11 Å². The number of hydrogen-bond donors (Lipinski definition) is 4. The average molecular weight is 337 g/mol. The van der Waals surface area contributed by atoms with E-state index in [0.717, 1.165) is 22.4 Å². The molecule has 6 nitrogen and oxygen atoms in total. The number of benzene rings is 1. The van der Waals surface area contributed by atoms with E-state index in [1.165, 1.54) is 0 Å². The van der Waals surface area contributed by atoms with Crippen molar-refractivity contribution in [3.63, 3.8) is 0 Å². The number of nitrogens with one attached hydrogen (secondary N) is 3. The van der Waals surface area contributed by atoms with Gasteiger partial charge in [0.25, 0.3) is 5.56 Å². The highest BCUT2D eigenvalue weighted by Crippen LogP contribution is 2.15. The van der Waals surface area contributed by atoms with E-state index in [2.05, 4.69) is 15.2 Å². The number of aryl methyl sites for hydroxylation is 1. The number of aliphatic carboxylic acids is 1. The van der Waals surface area contributed by atoms with E-state index in [0.29, 0.717) is 17.0 Å². The van der Waals surface area contributed by atoms with E-state index < -0.39 is 5.97 Å². The molecule has 0 aliphatic carbocycles. The maximum absolute atomic E-state index is 12.1. The van der Waals surface area contributed by atoms with Crippen molar-refractivity contribution in [2.45, 2.75) is 19.8 Å². The van der Waals surface area contributed by atoms with E-state index in [-0.39, 0.29) is 12.0 Å². The summed E-state index contributed by atoms with van der Waals surface area (Å²) < 4.78 is 0. The molecule has 2 heterocycles. The molecule has 3 rings (SSSR count). The van der Waals surface area contributed by atoms with Gasteiger partial charge in [-0.2, -0.15) is 0 Å². The Hall–Kier alpha value is -3.28. The molecule has 0 fully saturated rings. The first-order valence-corrected chi connectivity index (χ1v) is 7.98. The van der Waals surface area contributed by atoms with Crippen LogP contribution >= 0.6 is 0 Å². The number of aromatic amines is 3. The van der Waals surface area contributed by atoms with Gasteiger partial charge >= 0.3 is 5.97 Å². The molecule has 0 spiro atoms. The first-order chi connectivity index (χ1) is 12.0. The van der Waals surface area contributed by atoms with Crippen molar-refractivity contribution in [1.29, 1.82) is 0 Å². The summed E-state index contributed by atoms with van der Waals surface area (Å²) in [6.07, 6.45) is 6.01. The lowest BCUT2D eigenvalue weighted by molar-refractivity contribution is -0.136. The highest BCUT2D eigenvalue weighted by Gasteiger charge is 2.08. The number of carbonyl (C=O) groups is 1. The van der Waals surface area contributed by atoms with Crippen molar-refractivity contribution in [3.05, 3.63) is 79.8 Å². The molecule has 1 aromatic carbocycles. The van der Waals surface area contributed by atoms with Crippen LogP contribution in [0.5, 0.6) is 0 Å². The quantitative estimate of drug-likeness (QED) is 0.559. The van der Waals surface area contributed by atoms with Gasteiger partial charge in [-0.15, -0.1) is 0 Å². The Bertz CT molecular complexity index is 1060. The zero-order valence-electron chi connectivity index (χ0n) is 13.8. The zero-order valence-corrected chi connectivity index (χ0v) is 13.8. The van der Waals surface area contributed by atoms with Crippen LogP contribution in [0.2, 0.25) is 0 Å². The minimum absolute atomic E-state index is 0.0793. The smallest absolute Gasteiger partial charge is 0.303 e. The molecule has 0 radical (unpaired) electrons. The van der Waals surface area contributed by atoms with Crippen LogP contribution in [0.25, 0.3) is 12.2 Å². The van der Waals surface area contributed by atoms with Crippen LogP contribution in [-0.4, -0.2) is 26.3 Å². The summed E-state index contributed by atoms with van der Waals surface area (Å²) in [6.45, 7) is 1.92. The van der Waals surface area contributed by atoms with Crippen molar-refractivity contribution in [1.82, 2.24) is 15.2 Å². The average Bonchev–Trinajstić information content (AvgIpc) is 3.12. The van der Waals surface area contributed by atoms with Crippen molar-refractivity contribution in [2.75, 3.05) is 0 Å². The largest absolute Gasteiger partial charge is 0.481 e. The second kappa shape index (κ2) is 7.09. The molecule has 25 heavy (non-hydrogen) atoms. The zero-order chi connectivity index (χ0) is 17.8. The molecule has 128 valence electrons. The number of hydrogen-bond acceptors (Lipinski definition) is 2. The molecule has 0 saturated carbocycles. The molecule has 0 saturated heterocycles. The third-order valence-corrected chi connectivity index (χ3v) is 4.14. The van der Waals surface area contributed by atoms with Gasteiger partial charge in [-0.05, 0) is 42.2 Å². The van der Waals surface area contributed by atoms with Crippen LogP contribution in [0.15, 0.2) is 41.3 Å². The van der Waals surface area contributed by atoms with Gasteiger partial charge in [0.05, 0.1) is 10.6 Å². The van der Waals surface area contributed by atoms with Crippen LogP contribution in [-0.2, 0) is 11.2 Å². The second-order valence-corrected chi connectivity index (χ2v) is 5.85. The summed E-state index contributed by atoms with van der Waals surface area (Å²) in [5, 5.41) is 15.5. The predicted octanol–water partition coefficient (Wildman–Crippen LogP) is 1.01. The minimum Gasteiger partial charge on any atom is -0.481 e. The Morgan fingerprint density at radius 2 is 1.92 bits per heavy atom. The number of H-pyrrole nitrogens is 3. The third-order valence-electron chi connectivity index (χ3n) is 4.14. The fourth-order valence-electron chi connectivity index (χ4n) is 2.70. The van der Waals surface area contributed by atoms with Crippen LogP contribution in [0.4, 0.5) is 0 Å². The molecule has 3 aromatic rings. The normalized spacial score (nSPS) is 12.7. The Labute approximate surface area is 143 Å². The van der Waals surface area contributed by atoms with E-state index >= 15 is 0 Å². The highest BCUT2D eigenvalue weighted by atomic mass is 16.4. The Morgan fingerprint density at radius 3 is 2.64 bits per heavy atom. The van der Waals surface area contributed by atoms with Crippen LogP contribution < -0.4 is 16.1 Å². The van der Waals surface area contributed by atoms with Gasteiger partial charge in [-0.3, -0.25) is 19.8 Å². The molecule has 0 aliphatic rings. The van der Waals surface area contributed by atoms with Crippen molar-refractivity contribution >= 4 is 18.1 Å². The van der Waals surface area contributed by atoms with Gasteiger partial charge < -0.3 is 10.1 Å². The van der Waals surface area contributed by atoms with E-state index in [1.807, 2.05) is 43.3 Å². The summed E-state index contributed by atoms with van der Waals surface area (Å²) in [5.41, 5.74) is 3.47. The van der Waals surface area contributed by atoms with E-state index in [9.17, 15) is 9.59 Å². The lowest BCUT2D eigenvalue weighted by atomic mass is 10.1. The lowest BCUT2D eigenvalue weighted by Gasteiger charge is -1.97. The minimum atomic E-state index is -0.826. The summed E-state index contributed by atoms with van der Waals surface area (Å²) in [7, 11) is 0. The summed E-state index contributed by atoms with van der Waals surface area (Å²) in [4.78, 5) is 26.0. The molecular weight excluding hydrogens is 318 g/mol. The van der Waals surface area contributed by atoms with Gasteiger partial charge in [0.2, 0.25) is 0 Å². The highest BCUT2D eigenvalue weighted by molar-refractivity contribution is 5.67. The van der Waals surface area contributed by atoms with Gasteiger partial charge in [-0.1, -0.05) is 30.3 Å².